The van der Waals surface area contributed by atoms with Crippen LogP contribution in [-0.4, -0.2) is 26.0 Å². The molecule has 0 aromatic heterocycles. The molecule has 1 aromatic carbocycles. The number of rotatable bonds is 5. The topological polar surface area (TPSA) is 83.5 Å². The van der Waals surface area contributed by atoms with E-state index in [1.807, 2.05) is 6.92 Å². The lowest BCUT2D eigenvalue weighted by molar-refractivity contribution is -0.140. The van der Waals surface area contributed by atoms with E-state index in [1.54, 1.807) is 26.0 Å². The summed E-state index contributed by atoms with van der Waals surface area (Å²) in [4.78, 5) is 10.9. The summed E-state index contributed by atoms with van der Waals surface area (Å²) < 4.78 is 26.8. The molecule has 0 aliphatic heterocycles. The summed E-state index contributed by atoms with van der Waals surface area (Å²) in [5.74, 6) is -1.79. The maximum absolute atomic E-state index is 12.2. The van der Waals surface area contributed by atoms with Gasteiger partial charge in [-0.05, 0) is 31.9 Å². The molecule has 0 saturated heterocycles. The van der Waals surface area contributed by atoms with Gasteiger partial charge in [0.1, 0.15) is 0 Å². The van der Waals surface area contributed by atoms with Crippen molar-refractivity contribution in [2.75, 3.05) is 6.54 Å². The molecule has 0 aliphatic carbocycles. The number of carboxylic acids is 1. The standard InChI is InChI=1S/C13H19NO4S/c1-8-5-9(2)12(10(3)6-8)19(17,18)14-7-11(4)13(15)16/h5-6,11,14H,7H2,1-4H3,(H,15,16). The van der Waals surface area contributed by atoms with Crippen LogP contribution < -0.4 is 4.72 Å². The van der Waals surface area contributed by atoms with Crippen LogP contribution in [0.4, 0.5) is 0 Å². The summed E-state index contributed by atoms with van der Waals surface area (Å²) >= 11 is 0. The molecule has 0 amide bonds. The molecule has 2 N–H and O–H groups in total. The van der Waals surface area contributed by atoms with Crippen LogP contribution in [0.1, 0.15) is 23.6 Å². The average molecular weight is 285 g/mol. The third-order valence-electron chi connectivity index (χ3n) is 2.87. The Balaban J connectivity index is 3.05. The summed E-state index contributed by atoms with van der Waals surface area (Å²) in [7, 11) is -3.68. The molecular formula is C13H19NO4S. The summed E-state index contributed by atoms with van der Waals surface area (Å²) in [6.45, 7) is 6.70. The molecule has 0 bridgehead atoms. The summed E-state index contributed by atoms with van der Waals surface area (Å²) in [5.41, 5.74) is 2.31. The molecule has 0 heterocycles. The summed E-state index contributed by atoms with van der Waals surface area (Å²) in [5, 5.41) is 8.76. The lowest BCUT2D eigenvalue weighted by Crippen LogP contribution is -2.32. The fourth-order valence-corrected chi connectivity index (χ4v) is 3.56. The number of carboxylic acid groups (broad SMARTS) is 1. The molecule has 19 heavy (non-hydrogen) atoms. The highest BCUT2D eigenvalue weighted by Crippen LogP contribution is 2.21. The molecule has 0 radical (unpaired) electrons. The zero-order valence-electron chi connectivity index (χ0n) is 11.5. The zero-order valence-corrected chi connectivity index (χ0v) is 12.3. The molecule has 0 fully saturated rings. The van der Waals surface area contributed by atoms with Gasteiger partial charge in [0.25, 0.3) is 0 Å². The van der Waals surface area contributed by atoms with Crippen LogP contribution in [0.5, 0.6) is 0 Å². The van der Waals surface area contributed by atoms with Crippen molar-refractivity contribution in [2.45, 2.75) is 32.6 Å². The largest absolute Gasteiger partial charge is 0.481 e. The maximum atomic E-state index is 12.2. The minimum absolute atomic E-state index is 0.121. The van der Waals surface area contributed by atoms with Crippen LogP contribution in [0.3, 0.4) is 0 Å². The van der Waals surface area contributed by atoms with Crippen molar-refractivity contribution < 1.29 is 18.3 Å². The molecule has 106 valence electrons. The van der Waals surface area contributed by atoms with E-state index in [4.69, 9.17) is 5.11 Å². The van der Waals surface area contributed by atoms with Crippen LogP contribution in [0.15, 0.2) is 17.0 Å². The Bertz CT molecular complexity index is 570. The van der Waals surface area contributed by atoms with E-state index in [0.29, 0.717) is 11.1 Å². The smallest absolute Gasteiger partial charge is 0.307 e. The van der Waals surface area contributed by atoms with Gasteiger partial charge in [0.2, 0.25) is 10.0 Å². The highest BCUT2D eigenvalue weighted by atomic mass is 32.2. The van der Waals surface area contributed by atoms with Gasteiger partial charge in [0.15, 0.2) is 0 Å². The van der Waals surface area contributed by atoms with Gasteiger partial charge in [0, 0.05) is 6.54 Å². The number of hydrogen-bond donors (Lipinski definition) is 2. The van der Waals surface area contributed by atoms with Crippen molar-refractivity contribution in [3.05, 3.63) is 28.8 Å². The highest BCUT2D eigenvalue weighted by Gasteiger charge is 2.21. The summed E-state index contributed by atoms with van der Waals surface area (Å²) in [6.07, 6.45) is 0. The van der Waals surface area contributed by atoms with Crippen molar-refractivity contribution in [3.63, 3.8) is 0 Å². The Hall–Kier alpha value is -1.40. The fourth-order valence-electron chi connectivity index (χ4n) is 1.98. The minimum Gasteiger partial charge on any atom is -0.481 e. The van der Waals surface area contributed by atoms with Crippen molar-refractivity contribution in [1.82, 2.24) is 4.72 Å². The number of carbonyl (C=O) groups is 1. The Morgan fingerprint density at radius 3 is 2.16 bits per heavy atom. The first-order chi connectivity index (χ1) is 8.65. The van der Waals surface area contributed by atoms with E-state index < -0.39 is 21.9 Å². The van der Waals surface area contributed by atoms with E-state index in [0.717, 1.165) is 5.56 Å². The van der Waals surface area contributed by atoms with Gasteiger partial charge in [-0.2, -0.15) is 0 Å². The van der Waals surface area contributed by atoms with Crippen molar-refractivity contribution in [2.24, 2.45) is 5.92 Å². The Labute approximate surface area is 113 Å². The number of hydrogen-bond acceptors (Lipinski definition) is 3. The average Bonchev–Trinajstić information content (AvgIpc) is 2.23. The van der Waals surface area contributed by atoms with Gasteiger partial charge >= 0.3 is 5.97 Å². The Morgan fingerprint density at radius 1 is 1.26 bits per heavy atom. The van der Waals surface area contributed by atoms with Gasteiger partial charge < -0.3 is 5.11 Å². The van der Waals surface area contributed by atoms with Crippen LogP contribution in [0, 0.1) is 26.7 Å². The second-order valence-corrected chi connectivity index (χ2v) is 6.52. The molecule has 1 rings (SSSR count). The predicted molar refractivity (Wildman–Crippen MR) is 72.6 cm³/mol. The first-order valence-corrected chi connectivity index (χ1v) is 7.44. The second kappa shape index (κ2) is 5.71. The lowest BCUT2D eigenvalue weighted by atomic mass is 10.1. The second-order valence-electron chi connectivity index (χ2n) is 4.82. The Morgan fingerprint density at radius 2 is 1.74 bits per heavy atom. The quantitative estimate of drug-likeness (QED) is 0.861. The van der Waals surface area contributed by atoms with Gasteiger partial charge in [-0.25, -0.2) is 13.1 Å². The molecule has 5 nitrogen and oxygen atoms in total. The van der Waals surface area contributed by atoms with E-state index in [9.17, 15) is 13.2 Å². The molecular weight excluding hydrogens is 266 g/mol. The molecule has 0 aliphatic rings. The van der Waals surface area contributed by atoms with Gasteiger partial charge in [0.05, 0.1) is 10.8 Å². The first-order valence-electron chi connectivity index (χ1n) is 5.95. The number of aryl methyl sites for hydroxylation is 3. The van der Waals surface area contributed by atoms with E-state index in [1.165, 1.54) is 6.92 Å². The van der Waals surface area contributed by atoms with Crippen molar-refractivity contribution >= 4 is 16.0 Å². The summed E-state index contributed by atoms with van der Waals surface area (Å²) in [6, 6.07) is 3.59. The van der Waals surface area contributed by atoms with Crippen molar-refractivity contribution in [1.29, 1.82) is 0 Å². The molecule has 6 heteroatoms. The lowest BCUT2D eigenvalue weighted by Gasteiger charge is -2.14. The van der Waals surface area contributed by atoms with E-state index in [2.05, 4.69) is 4.72 Å². The van der Waals surface area contributed by atoms with Gasteiger partial charge in [-0.3, -0.25) is 4.79 Å². The van der Waals surface area contributed by atoms with Gasteiger partial charge in [-0.15, -0.1) is 0 Å². The number of aliphatic carboxylic acids is 1. The molecule has 0 saturated carbocycles. The normalized spacial score (nSPS) is 13.3. The SMILES string of the molecule is Cc1cc(C)c(S(=O)(=O)NCC(C)C(=O)O)c(C)c1. The molecule has 1 atom stereocenters. The number of benzene rings is 1. The molecule has 1 aromatic rings. The van der Waals surface area contributed by atoms with E-state index >= 15 is 0 Å². The van der Waals surface area contributed by atoms with Crippen LogP contribution in [0.2, 0.25) is 0 Å². The van der Waals surface area contributed by atoms with E-state index in [-0.39, 0.29) is 11.4 Å². The monoisotopic (exact) mass is 285 g/mol. The van der Waals surface area contributed by atoms with Gasteiger partial charge in [-0.1, -0.05) is 24.6 Å². The first kappa shape index (κ1) is 15.7. The highest BCUT2D eigenvalue weighted by molar-refractivity contribution is 7.89. The minimum atomic E-state index is -3.68. The molecule has 0 spiro atoms. The van der Waals surface area contributed by atoms with Crippen LogP contribution in [0.25, 0.3) is 0 Å². The number of sulfonamides is 1. The Kier molecular flexibility index (Phi) is 4.70. The molecule has 1 unspecified atom stereocenters. The third-order valence-corrected chi connectivity index (χ3v) is 4.60. The van der Waals surface area contributed by atoms with Crippen molar-refractivity contribution in [3.8, 4) is 0 Å². The van der Waals surface area contributed by atoms with Crippen LogP contribution in [-0.2, 0) is 14.8 Å². The van der Waals surface area contributed by atoms with Crippen LogP contribution >= 0.6 is 0 Å². The maximum Gasteiger partial charge on any atom is 0.307 e. The third kappa shape index (κ3) is 3.78. The zero-order chi connectivity index (χ0) is 14.8. The number of nitrogens with one attached hydrogen (secondary N) is 1. The predicted octanol–water partition coefficient (Wildman–Crippen LogP) is 1.61. The fraction of sp³-hybridized carbons (Fsp3) is 0.462.